The maximum Gasteiger partial charge on any atom is 0.374 e. The summed E-state index contributed by atoms with van der Waals surface area (Å²) in [4.78, 5) is 29.2. The lowest BCUT2D eigenvalue weighted by atomic mass is 10.1. The van der Waals surface area contributed by atoms with E-state index in [9.17, 15) is 18.0 Å². The number of nitrogens with zero attached hydrogens (tertiary/aromatic N) is 4. The maximum atomic E-state index is 14.6. The summed E-state index contributed by atoms with van der Waals surface area (Å²) in [6.07, 6.45) is 1.92. The molecule has 1 amide bonds. The molecule has 6 rings (SSSR count). The summed E-state index contributed by atoms with van der Waals surface area (Å²) in [7, 11) is -4.10. The van der Waals surface area contributed by atoms with Gasteiger partial charge in [0.1, 0.15) is 5.58 Å². The Morgan fingerprint density at radius 1 is 0.957 bits per heavy atom. The quantitative estimate of drug-likeness (QED) is 0.186. The van der Waals surface area contributed by atoms with Crippen molar-refractivity contribution in [3.05, 3.63) is 108 Å². The second-order valence-corrected chi connectivity index (χ2v) is 12.8. The van der Waals surface area contributed by atoms with E-state index in [1.807, 2.05) is 54.6 Å². The molecule has 12 heteroatoms. The van der Waals surface area contributed by atoms with Gasteiger partial charge in [0, 0.05) is 49.7 Å². The van der Waals surface area contributed by atoms with Gasteiger partial charge in [-0.05, 0) is 56.2 Å². The molecule has 0 spiro atoms. The van der Waals surface area contributed by atoms with E-state index in [1.165, 1.54) is 16.6 Å². The molecule has 1 aliphatic heterocycles. The Morgan fingerprint density at radius 2 is 1.70 bits per heavy atom. The van der Waals surface area contributed by atoms with Crippen LogP contribution in [0.3, 0.4) is 0 Å². The van der Waals surface area contributed by atoms with Crippen molar-refractivity contribution in [1.82, 2.24) is 10.1 Å². The van der Waals surface area contributed by atoms with Crippen molar-refractivity contribution in [2.75, 3.05) is 48.5 Å². The number of amides is 1. The van der Waals surface area contributed by atoms with Gasteiger partial charge in [-0.3, -0.25) is 9.10 Å². The minimum atomic E-state index is -4.10. The monoisotopic (exact) mass is 642 g/mol. The van der Waals surface area contributed by atoms with Crippen molar-refractivity contribution in [3.8, 4) is 0 Å². The Labute approximate surface area is 267 Å². The molecule has 11 nitrogen and oxygen atoms in total. The predicted molar refractivity (Wildman–Crippen MR) is 173 cm³/mol. The van der Waals surface area contributed by atoms with Gasteiger partial charge in [0.15, 0.2) is 0 Å². The summed E-state index contributed by atoms with van der Waals surface area (Å²) in [5.74, 6) is -0.583. The number of aromatic nitrogens is 1. The number of esters is 1. The highest BCUT2D eigenvalue weighted by atomic mass is 32.2. The number of carbonyl (C=O) groups is 2. The first-order valence-electron chi connectivity index (χ1n) is 15.1. The molecule has 2 aromatic heterocycles. The van der Waals surface area contributed by atoms with E-state index >= 15 is 0 Å². The number of benzene rings is 3. The predicted octanol–water partition coefficient (Wildman–Crippen LogP) is 5.31. The SMILES string of the molecule is CCOC(=O)c1oc2ccc(S(=O)(=O)N(CCc3ccccc3)c3ccccc3N3CCN(C(=O)c4ccno4)CC3)cc2c1C. The van der Waals surface area contributed by atoms with Crippen LogP contribution in [0.5, 0.6) is 0 Å². The van der Waals surface area contributed by atoms with E-state index < -0.39 is 16.0 Å². The summed E-state index contributed by atoms with van der Waals surface area (Å²) in [6, 6.07) is 23.3. The average molecular weight is 643 g/mol. The van der Waals surface area contributed by atoms with Crippen molar-refractivity contribution in [2.24, 2.45) is 0 Å². The first-order valence-corrected chi connectivity index (χ1v) is 16.5. The minimum Gasteiger partial charge on any atom is -0.460 e. The summed E-state index contributed by atoms with van der Waals surface area (Å²) < 4.78 is 46.5. The van der Waals surface area contributed by atoms with Crippen LogP contribution in [-0.4, -0.2) is 69.7 Å². The Kier molecular flexibility index (Phi) is 8.80. The van der Waals surface area contributed by atoms with Gasteiger partial charge < -0.3 is 23.5 Å². The van der Waals surface area contributed by atoms with Crippen LogP contribution < -0.4 is 9.21 Å². The summed E-state index contributed by atoms with van der Waals surface area (Å²) in [6.45, 7) is 5.67. The lowest BCUT2D eigenvalue weighted by molar-refractivity contribution is 0.0491. The van der Waals surface area contributed by atoms with Gasteiger partial charge in [-0.1, -0.05) is 47.6 Å². The molecule has 1 fully saturated rings. The van der Waals surface area contributed by atoms with Crippen LogP contribution in [0, 0.1) is 6.92 Å². The fourth-order valence-corrected chi connectivity index (χ4v) is 7.21. The number of ether oxygens (including phenoxy) is 1. The minimum absolute atomic E-state index is 0.0543. The zero-order valence-corrected chi connectivity index (χ0v) is 26.4. The smallest absolute Gasteiger partial charge is 0.374 e. The normalized spacial score (nSPS) is 13.6. The second kappa shape index (κ2) is 13.1. The van der Waals surface area contributed by atoms with Crippen molar-refractivity contribution in [3.63, 3.8) is 0 Å². The molecule has 0 atom stereocenters. The van der Waals surface area contributed by atoms with Crippen molar-refractivity contribution < 1.29 is 31.7 Å². The Bertz CT molecular complexity index is 1950. The fourth-order valence-electron chi connectivity index (χ4n) is 5.70. The topological polar surface area (TPSA) is 126 Å². The lowest BCUT2D eigenvalue weighted by Crippen LogP contribution is -2.49. The highest BCUT2D eigenvalue weighted by Gasteiger charge is 2.31. The third kappa shape index (κ3) is 6.08. The van der Waals surface area contributed by atoms with Crippen molar-refractivity contribution >= 4 is 44.2 Å². The number of anilines is 2. The van der Waals surface area contributed by atoms with Crippen LogP contribution in [0.25, 0.3) is 11.0 Å². The molecule has 46 heavy (non-hydrogen) atoms. The number of hydrogen-bond acceptors (Lipinski definition) is 9. The molecular formula is C34H34N4O7S. The first-order chi connectivity index (χ1) is 22.3. The number of aryl methyl sites for hydroxylation is 1. The third-order valence-corrected chi connectivity index (χ3v) is 9.92. The Hall–Kier alpha value is -5.10. The lowest BCUT2D eigenvalue weighted by Gasteiger charge is -2.38. The highest BCUT2D eigenvalue weighted by molar-refractivity contribution is 7.92. The van der Waals surface area contributed by atoms with Crippen LogP contribution in [0.2, 0.25) is 0 Å². The molecule has 0 saturated carbocycles. The number of carbonyl (C=O) groups excluding carboxylic acids is 2. The molecule has 238 valence electrons. The van der Waals surface area contributed by atoms with E-state index in [4.69, 9.17) is 13.7 Å². The maximum absolute atomic E-state index is 14.6. The number of piperazine rings is 1. The van der Waals surface area contributed by atoms with E-state index in [2.05, 4.69) is 10.1 Å². The van der Waals surface area contributed by atoms with Crippen LogP contribution in [0.15, 0.2) is 98.9 Å². The molecule has 1 aliphatic rings. The van der Waals surface area contributed by atoms with Gasteiger partial charge in [0.25, 0.3) is 15.9 Å². The Morgan fingerprint density at radius 3 is 2.41 bits per heavy atom. The molecule has 3 aromatic carbocycles. The number of para-hydroxylation sites is 2. The highest BCUT2D eigenvalue weighted by Crippen LogP contribution is 2.36. The Balaban J connectivity index is 1.34. The van der Waals surface area contributed by atoms with Crippen LogP contribution in [-0.2, 0) is 21.2 Å². The third-order valence-electron chi connectivity index (χ3n) is 8.11. The zero-order valence-electron chi connectivity index (χ0n) is 25.6. The number of furan rings is 1. The first kappa shape index (κ1) is 30.9. The fraction of sp³-hybridized carbons (Fsp3) is 0.265. The summed E-state index contributed by atoms with van der Waals surface area (Å²) in [5.41, 5.74) is 3.19. The second-order valence-electron chi connectivity index (χ2n) is 10.9. The number of fused-ring (bicyclic) bond motifs is 1. The molecule has 5 aromatic rings. The van der Waals surface area contributed by atoms with Gasteiger partial charge >= 0.3 is 5.97 Å². The number of sulfonamides is 1. The largest absolute Gasteiger partial charge is 0.460 e. The van der Waals surface area contributed by atoms with E-state index in [0.29, 0.717) is 54.8 Å². The van der Waals surface area contributed by atoms with Gasteiger partial charge in [-0.25, -0.2) is 13.2 Å². The number of hydrogen-bond donors (Lipinski definition) is 0. The van der Waals surface area contributed by atoms with Crippen LogP contribution in [0.4, 0.5) is 11.4 Å². The average Bonchev–Trinajstić information content (AvgIpc) is 3.74. The summed E-state index contributed by atoms with van der Waals surface area (Å²) >= 11 is 0. The zero-order chi connectivity index (χ0) is 32.3. The van der Waals surface area contributed by atoms with Crippen LogP contribution in [0.1, 0.15) is 39.2 Å². The molecule has 0 unspecified atom stereocenters. The van der Waals surface area contributed by atoms with Crippen LogP contribution >= 0.6 is 0 Å². The van der Waals surface area contributed by atoms with Crippen molar-refractivity contribution in [2.45, 2.75) is 25.2 Å². The molecule has 0 bridgehead atoms. The molecule has 0 N–H and O–H groups in total. The van der Waals surface area contributed by atoms with E-state index in [-0.39, 0.29) is 35.5 Å². The summed E-state index contributed by atoms with van der Waals surface area (Å²) in [5, 5.41) is 4.16. The molecule has 3 heterocycles. The van der Waals surface area contributed by atoms with Gasteiger partial charge in [0.2, 0.25) is 11.5 Å². The molecule has 1 saturated heterocycles. The van der Waals surface area contributed by atoms with E-state index in [1.54, 1.807) is 36.9 Å². The van der Waals surface area contributed by atoms with E-state index in [0.717, 1.165) is 11.3 Å². The molecular weight excluding hydrogens is 608 g/mol. The van der Waals surface area contributed by atoms with Crippen molar-refractivity contribution in [1.29, 1.82) is 0 Å². The van der Waals surface area contributed by atoms with Gasteiger partial charge in [-0.2, -0.15) is 0 Å². The van der Waals surface area contributed by atoms with Gasteiger partial charge in [-0.15, -0.1) is 0 Å². The number of rotatable bonds is 10. The molecule has 0 aliphatic carbocycles. The van der Waals surface area contributed by atoms with Gasteiger partial charge in [0.05, 0.1) is 29.1 Å². The standard InChI is InChI=1S/C34H34N4O7S/c1-3-43-34(40)32-24(2)27-23-26(13-14-30(27)44-32)46(41,42)38(18-16-25-9-5-4-6-10-25)29-12-8-7-11-28(29)36-19-21-37(22-20-36)33(39)31-15-17-35-45-31/h4-15,17,23H,3,16,18-22H2,1-2H3. The molecule has 0 radical (unpaired) electrons.